The molecule has 7 nitrogen and oxygen atoms in total. The lowest BCUT2D eigenvalue weighted by Gasteiger charge is -2.31. The zero-order valence-electron chi connectivity index (χ0n) is 19.7. The van der Waals surface area contributed by atoms with Crippen molar-refractivity contribution in [3.05, 3.63) is 60.3 Å². The first-order valence-electron chi connectivity index (χ1n) is 11.0. The van der Waals surface area contributed by atoms with Gasteiger partial charge in [0.05, 0.1) is 4.90 Å². The number of nitrogens with one attached hydrogen (secondary N) is 1. The van der Waals surface area contributed by atoms with Crippen molar-refractivity contribution in [2.24, 2.45) is 0 Å². The number of nitrogens with zero attached hydrogens (tertiary/aromatic N) is 2. The van der Waals surface area contributed by atoms with Gasteiger partial charge in [-0.25, -0.2) is 8.42 Å². The fraction of sp³-hybridized carbons (Fsp3) is 0.360. The van der Waals surface area contributed by atoms with Crippen LogP contribution in [0.1, 0.15) is 33.3 Å². The van der Waals surface area contributed by atoms with Crippen LogP contribution in [0.15, 0.2) is 59.6 Å². The predicted molar refractivity (Wildman–Crippen MR) is 131 cm³/mol. The van der Waals surface area contributed by atoms with E-state index in [4.69, 9.17) is 0 Å². The number of hydrogen-bond donors (Lipinski definition) is 1. The van der Waals surface area contributed by atoms with Crippen molar-refractivity contribution in [3.8, 4) is 0 Å². The van der Waals surface area contributed by atoms with Crippen molar-refractivity contribution in [1.29, 1.82) is 0 Å². The molecule has 1 aromatic heterocycles. The number of carbonyl (C=O) groups is 2. The third-order valence-corrected chi connectivity index (χ3v) is 7.17. The summed E-state index contributed by atoms with van der Waals surface area (Å²) in [5.41, 5.74) is 2.06. The highest BCUT2D eigenvalue weighted by atomic mass is 32.2. The van der Waals surface area contributed by atoms with Crippen molar-refractivity contribution in [2.75, 3.05) is 11.1 Å². The summed E-state index contributed by atoms with van der Waals surface area (Å²) < 4.78 is 28.1. The summed E-state index contributed by atoms with van der Waals surface area (Å²) in [6, 6.07) is 14.3. The number of amides is 2. The van der Waals surface area contributed by atoms with Gasteiger partial charge in [0.1, 0.15) is 12.3 Å². The Morgan fingerprint density at radius 2 is 1.58 bits per heavy atom. The fourth-order valence-corrected chi connectivity index (χ4v) is 5.51. The Kier molecular flexibility index (Phi) is 7.27. The Bertz CT molecular complexity index is 1270. The highest BCUT2D eigenvalue weighted by Gasteiger charge is 2.26. The fourth-order valence-electron chi connectivity index (χ4n) is 4.14. The Morgan fingerprint density at radius 1 is 0.970 bits per heavy atom. The van der Waals surface area contributed by atoms with E-state index in [9.17, 15) is 18.0 Å². The molecule has 0 radical (unpaired) electrons. The summed E-state index contributed by atoms with van der Waals surface area (Å²) in [7, 11) is -3.94. The lowest BCUT2D eigenvalue weighted by molar-refractivity contribution is -0.135. The molecule has 0 unspecified atom stereocenters. The quantitative estimate of drug-likeness (QED) is 0.540. The van der Waals surface area contributed by atoms with Crippen LogP contribution < -0.4 is 5.32 Å². The van der Waals surface area contributed by atoms with Crippen molar-refractivity contribution < 1.29 is 18.0 Å². The number of para-hydroxylation sites is 2. The Morgan fingerprint density at radius 3 is 2.21 bits per heavy atom. The van der Waals surface area contributed by atoms with Gasteiger partial charge in [0.15, 0.2) is 9.84 Å². The van der Waals surface area contributed by atoms with Crippen LogP contribution in [-0.2, 0) is 26.0 Å². The zero-order valence-corrected chi connectivity index (χ0v) is 20.5. The summed E-state index contributed by atoms with van der Waals surface area (Å²) in [5.74, 6) is -1.39. The van der Waals surface area contributed by atoms with Gasteiger partial charge in [0.2, 0.25) is 11.8 Å². The molecular formula is C25H31N3O4S. The maximum absolute atomic E-state index is 13.2. The molecule has 2 aromatic carbocycles. The number of benzene rings is 2. The van der Waals surface area contributed by atoms with E-state index in [-0.39, 0.29) is 29.4 Å². The van der Waals surface area contributed by atoms with Crippen LogP contribution in [0, 0.1) is 6.92 Å². The first kappa shape index (κ1) is 24.5. The van der Waals surface area contributed by atoms with Gasteiger partial charge in [-0.2, -0.15) is 0 Å². The molecule has 0 aliphatic carbocycles. The summed E-state index contributed by atoms with van der Waals surface area (Å²) in [6.45, 7) is 9.67. The minimum atomic E-state index is -3.94. The van der Waals surface area contributed by atoms with E-state index in [1.165, 1.54) is 6.20 Å². The van der Waals surface area contributed by atoms with Crippen molar-refractivity contribution >= 4 is 38.2 Å². The molecule has 0 spiro atoms. The van der Waals surface area contributed by atoms with Gasteiger partial charge in [-0.05, 0) is 52.3 Å². The largest absolute Gasteiger partial charge is 0.337 e. The molecule has 0 saturated carbocycles. The number of hydrogen-bond acceptors (Lipinski definition) is 4. The minimum absolute atomic E-state index is 0.0157. The molecule has 1 heterocycles. The number of sulfone groups is 1. The Hall–Kier alpha value is -3.13. The first-order chi connectivity index (χ1) is 15.5. The molecule has 1 N–H and O–H groups in total. The van der Waals surface area contributed by atoms with Crippen LogP contribution in [0.5, 0.6) is 0 Å². The molecule has 0 bridgehead atoms. The smallest absolute Gasteiger partial charge is 0.242 e. The van der Waals surface area contributed by atoms with Gasteiger partial charge < -0.3 is 14.8 Å². The molecule has 0 atom stereocenters. The molecule has 0 saturated heterocycles. The van der Waals surface area contributed by atoms with Crippen molar-refractivity contribution in [2.45, 2.75) is 58.1 Å². The lowest BCUT2D eigenvalue weighted by atomic mass is 10.2. The molecule has 8 heteroatoms. The van der Waals surface area contributed by atoms with Crippen LogP contribution in [0.4, 0.5) is 5.69 Å². The first-order valence-corrected chi connectivity index (χ1v) is 12.6. The van der Waals surface area contributed by atoms with Gasteiger partial charge in [0.25, 0.3) is 0 Å². The molecule has 2 amide bonds. The molecule has 0 aliphatic heterocycles. The number of aryl methyl sites for hydroxylation is 1. The normalized spacial score (nSPS) is 11.8. The van der Waals surface area contributed by atoms with E-state index in [1.807, 2.05) is 46.8 Å². The van der Waals surface area contributed by atoms with E-state index < -0.39 is 21.5 Å². The predicted octanol–water partition coefficient (Wildman–Crippen LogP) is 4.01. The number of aromatic nitrogens is 1. The standard InChI is InChI=1S/C25H31N3O4S/c1-17(2)28(18(3)4)25(30)15-27-14-23(20-11-7-9-13-22(20)27)33(31,32)16-24(29)26-21-12-8-6-10-19(21)5/h6-14,17-18H,15-16H2,1-5H3,(H,26,29). The number of fused-ring (bicyclic) bond motifs is 1. The van der Waals surface area contributed by atoms with Gasteiger partial charge in [-0.15, -0.1) is 0 Å². The van der Waals surface area contributed by atoms with Gasteiger partial charge in [-0.3, -0.25) is 9.59 Å². The SMILES string of the molecule is Cc1ccccc1NC(=O)CS(=O)(=O)c1cn(CC(=O)N(C(C)C)C(C)C)c2ccccc12. The summed E-state index contributed by atoms with van der Waals surface area (Å²) in [5, 5.41) is 3.17. The van der Waals surface area contributed by atoms with Gasteiger partial charge in [0, 0.05) is 34.9 Å². The van der Waals surface area contributed by atoms with E-state index in [0.29, 0.717) is 16.6 Å². The average Bonchev–Trinajstić information content (AvgIpc) is 3.08. The van der Waals surface area contributed by atoms with Crippen LogP contribution in [-0.4, -0.2) is 47.5 Å². The highest BCUT2D eigenvalue weighted by Crippen LogP contribution is 2.27. The maximum atomic E-state index is 13.2. The molecule has 0 aliphatic rings. The second-order valence-electron chi connectivity index (χ2n) is 8.75. The van der Waals surface area contributed by atoms with Crippen molar-refractivity contribution in [3.63, 3.8) is 0 Å². The topological polar surface area (TPSA) is 88.5 Å². The Balaban J connectivity index is 1.91. The number of anilines is 1. The van der Waals surface area contributed by atoms with Crippen LogP contribution in [0.2, 0.25) is 0 Å². The second-order valence-corrected chi connectivity index (χ2v) is 10.7. The Labute approximate surface area is 195 Å². The lowest BCUT2D eigenvalue weighted by Crippen LogP contribution is -2.43. The van der Waals surface area contributed by atoms with Crippen LogP contribution >= 0.6 is 0 Å². The zero-order chi connectivity index (χ0) is 24.3. The average molecular weight is 470 g/mol. The van der Waals surface area contributed by atoms with Crippen molar-refractivity contribution in [1.82, 2.24) is 9.47 Å². The van der Waals surface area contributed by atoms with Crippen LogP contribution in [0.3, 0.4) is 0 Å². The summed E-state index contributed by atoms with van der Waals surface area (Å²) in [4.78, 5) is 27.4. The van der Waals surface area contributed by atoms with Crippen LogP contribution in [0.25, 0.3) is 10.9 Å². The van der Waals surface area contributed by atoms with Gasteiger partial charge >= 0.3 is 0 Å². The third kappa shape index (κ3) is 5.45. The number of carbonyl (C=O) groups excluding carboxylic acids is 2. The van der Waals surface area contributed by atoms with E-state index in [0.717, 1.165) is 5.56 Å². The minimum Gasteiger partial charge on any atom is -0.337 e. The molecule has 33 heavy (non-hydrogen) atoms. The molecule has 0 fully saturated rings. The monoisotopic (exact) mass is 469 g/mol. The summed E-state index contributed by atoms with van der Waals surface area (Å²) in [6.07, 6.45) is 1.47. The van der Waals surface area contributed by atoms with E-state index in [1.54, 1.807) is 45.9 Å². The maximum Gasteiger partial charge on any atom is 0.242 e. The molecule has 3 rings (SSSR count). The molecule has 176 valence electrons. The molecule has 3 aromatic rings. The highest BCUT2D eigenvalue weighted by molar-refractivity contribution is 7.92. The van der Waals surface area contributed by atoms with Gasteiger partial charge in [-0.1, -0.05) is 36.4 Å². The summed E-state index contributed by atoms with van der Waals surface area (Å²) >= 11 is 0. The molecular weight excluding hydrogens is 438 g/mol. The number of rotatable bonds is 8. The third-order valence-electron chi connectivity index (χ3n) is 5.53. The van der Waals surface area contributed by atoms with E-state index in [2.05, 4.69) is 5.32 Å². The second kappa shape index (κ2) is 9.79. The van der Waals surface area contributed by atoms with E-state index >= 15 is 0 Å².